The Morgan fingerprint density at radius 2 is 1.94 bits per heavy atom. The van der Waals surface area contributed by atoms with Crippen molar-refractivity contribution in [2.75, 3.05) is 6.61 Å². The van der Waals surface area contributed by atoms with Gasteiger partial charge in [-0.25, -0.2) is 4.39 Å². The van der Waals surface area contributed by atoms with Gasteiger partial charge in [0, 0.05) is 6.61 Å². The predicted octanol–water partition coefficient (Wildman–Crippen LogP) is 4.61. The highest BCUT2D eigenvalue weighted by Gasteiger charge is 2.40. The average Bonchev–Trinajstić information content (AvgIpc) is 2.29. The molecule has 1 aliphatic heterocycles. The summed E-state index contributed by atoms with van der Waals surface area (Å²) in [6.45, 7) is 5.10. The number of hydrogen-bond donors (Lipinski definition) is 0. The van der Waals surface area contributed by atoms with Gasteiger partial charge >= 0.3 is 0 Å². The second kappa shape index (κ2) is 7.44. The van der Waals surface area contributed by atoms with E-state index in [2.05, 4.69) is 13.5 Å². The van der Waals surface area contributed by atoms with Gasteiger partial charge in [0.15, 0.2) is 0 Å². The summed E-state index contributed by atoms with van der Waals surface area (Å²) in [4.78, 5) is 0. The highest BCUT2D eigenvalue weighted by molar-refractivity contribution is 6.73. The van der Waals surface area contributed by atoms with Crippen LogP contribution >= 0.6 is 0 Å². The maximum atomic E-state index is 14.1. The summed E-state index contributed by atoms with van der Waals surface area (Å²) in [5.41, 5.74) is 0. The van der Waals surface area contributed by atoms with E-state index in [-0.39, 0.29) is 0 Å². The summed E-state index contributed by atoms with van der Waals surface area (Å²) >= 11 is 0. The van der Waals surface area contributed by atoms with Crippen molar-refractivity contribution in [3.05, 3.63) is 0 Å². The van der Waals surface area contributed by atoms with Gasteiger partial charge in [0.05, 0.1) is 0 Å². The topological polar surface area (TPSA) is 9.23 Å². The molecule has 1 aliphatic rings. The Morgan fingerprint density at radius 3 is 2.56 bits per heavy atom. The van der Waals surface area contributed by atoms with Crippen LogP contribution in [0.4, 0.5) is 4.39 Å². The van der Waals surface area contributed by atoms with Gasteiger partial charge in [0.25, 0.3) is 0 Å². The van der Waals surface area contributed by atoms with E-state index in [1.165, 1.54) is 32.1 Å². The molecule has 0 N–H and O–H groups in total. The molecule has 0 bridgehead atoms. The van der Waals surface area contributed by atoms with Crippen molar-refractivity contribution in [3.63, 3.8) is 0 Å². The lowest BCUT2D eigenvalue weighted by Crippen LogP contribution is -2.47. The first-order chi connectivity index (χ1) is 7.69. The fourth-order valence-electron chi connectivity index (χ4n) is 2.44. The second-order valence-corrected chi connectivity index (χ2v) is 9.33. The van der Waals surface area contributed by atoms with E-state index in [0.717, 1.165) is 31.9 Å². The number of halogens is 1. The first-order valence-corrected chi connectivity index (χ1v) is 9.66. The quantitative estimate of drug-likeness (QED) is 0.471. The van der Waals surface area contributed by atoms with Gasteiger partial charge in [-0.1, -0.05) is 45.4 Å². The molecular weight excluding hydrogens is 219 g/mol. The molecule has 0 saturated carbocycles. The van der Waals surface area contributed by atoms with Crippen LogP contribution in [0.25, 0.3) is 0 Å². The summed E-state index contributed by atoms with van der Waals surface area (Å²) in [6.07, 6.45) is 9.11. The number of rotatable bonds is 7. The molecule has 0 aliphatic carbocycles. The minimum absolute atomic E-state index is 0.630. The first-order valence-electron chi connectivity index (χ1n) is 6.97. The number of unbranched alkanes of at least 4 members (excludes halogenated alkanes) is 4. The second-order valence-electron chi connectivity index (χ2n) is 5.29. The van der Waals surface area contributed by atoms with Crippen LogP contribution in [0.5, 0.6) is 0 Å². The zero-order valence-corrected chi connectivity index (χ0v) is 11.9. The van der Waals surface area contributed by atoms with Gasteiger partial charge in [-0.05, 0) is 25.4 Å². The van der Waals surface area contributed by atoms with Crippen LogP contribution in [-0.2, 0) is 4.43 Å². The Balaban J connectivity index is 2.15. The third-order valence-electron chi connectivity index (χ3n) is 3.72. The molecule has 0 aromatic heterocycles. The molecule has 1 heterocycles. The average molecular weight is 246 g/mol. The Labute approximate surface area is 101 Å². The minimum Gasteiger partial charge on any atom is -0.414 e. The summed E-state index contributed by atoms with van der Waals surface area (Å²) in [5.74, 6) is -0.630. The fourth-order valence-corrected chi connectivity index (χ4v) is 5.45. The summed E-state index contributed by atoms with van der Waals surface area (Å²) < 4.78 is 19.9. The Bertz CT molecular complexity index is 181. The van der Waals surface area contributed by atoms with Gasteiger partial charge in [-0.2, -0.15) is 0 Å². The highest BCUT2D eigenvalue weighted by Crippen LogP contribution is 2.29. The molecule has 2 atom stereocenters. The normalized spacial score (nSPS) is 27.9. The van der Waals surface area contributed by atoms with Crippen LogP contribution in [0.15, 0.2) is 0 Å². The van der Waals surface area contributed by atoms with Crippen molar-refractivity contribution in [3.8, 4) is 0 Å². The van der Waals surface area contributed by atoms with Crippen LogP contribution in [0.1, 0.15) is 58.3 Å². The lowest BCUT2D eigenvalue weighted by Gasteiger charge is -2.34. The fraction of sp³-hybridized carbons (Fsp3) is 1.00. The first kappa shape index (κ1) is 14.2. The van der Waals surface area contributed by atoms with E-state index in [4.69, 9.17) is 4.43 Å². The van der Waals surface area contributed by atoms with Gasteiger partial charge < -0.3 is 4.43 Å². The van der Waals surface area contributed by atoms with Crippen molar-refractivity contribution in [2.24, 2.45) is 0 Å². The number of alkyl halides is 1. The molecule has 16 heavy (non-hydrogen) atoms. The summed E-state index contributed by atoms with van der Waals surface area (Å²) in [5, 5.41) is 0. The molecule has 96 valence electrons. The largest absolute Gasteiger partial charge is 0.414 e. The molecule has 1 rings (SSSR count). The van der Waals surface area contributed by atoms with Gasteiger partial charge in [0.1, 0.15) is 5.79 Å². The molecule has 0 aromatic rings. The molecule has 0 amide bonds. The van der Waals surface area contributed by atoms with Crippen molar-refractivity contribution in [1.82, 2.24) is 0 Å². The SMILES string of the molecule is CCCCCCCC(F)[Si]1(C)CCCCO1. The zero-order valence-electron chi connectivity index (χ0n) is 10.9. The van der Waals surface area contributed by atoms with E-state index in [1.54, 1.807) is 0 Å². The lowest BCUT2D eigenvalue weighted by molar-refractivity contribution is 0.229. The van der Waals surface area contributed by atoms with Crippen molar-refractivity contribution >= 4 is 8.32 Å². The lowest BCUT2D eigenvalue weighted by atomic mass is 10.1. The molecule has 1 fully saturated rings. The zero-order chi connectivity index (χ0) is 11.9. The molecule has 1 saturated heterocycles. The minimum atomic E-state index is -1.98. The Morgan fingerprint density at radius 1 is 1.19 bits per heavy atom. The Hall–Kier alpha value is 0.107. The van der Waals surface area contributed by atoms with Gasteiger partial charge in [-0.3, -0.25) is 0 Å². The van der Waals surface area contributed by atoms with Crippen LogP contribution in [0.2, 0.25) is 12.6 Å². The molecule has 0 spiro atoms. The Kier molecular flexibility index (Phi) is 6.59. The molecule has 3 heteroatoms. The van der Waals surface area contributed by atoms with Crippen LogP contribution in [0.3, 0.4) is 0 Å². The molecule has 0 aromatic carbocycles. The van der Waals surface area contributed by atoms with E-state index in [1.807, 2.05) is 0 Å². The monoisotopic (exact) mass is 246 g/mol. The highest BCUT2D eigenvalue weighted by atomic mass is 28.4. The predicted molar refractivity (Wildman–Crippen MR) is 69.9 cm³/mol. The van der Waals surface area contributed by atoms with E-state index in [9.17, 15) is 4.39 Å². The molecule has 1 nitrogen and oxygen atoms in total. The van der Waals surface area contributed by atoms with Crippen molar-refractivity contribution < 1.29 is 8.82 Å². The van der Waals surface area contributed by atoms with E-state index >= 15 is 0 Å². The van der Waals surface area contributed by atoms with Gasteiger partial charge in [0.2, 0.25) is 8.32 Å². The third kappa shape index (κ3) is 4.54. The standard InChI is InChI=1S/C13H27FOSi/c1-3-4-5-6-7-10-13(14)16(2)12-9-8-11-15-16/h13H,3-12H2,1-2H3. The van der Waals surface area contributed by atoms with Crippen LogP contribution in [-0.4, -0.2) is 20.7 Å². The number of hydrogen-bond acceptors (Lipinski definition) is 1. The summed E-state index contributed by atoms with van der Waals surface area (Å²) in [7, 11) is -1.98. The van der Waals surface area contributed by atoms with E-state index in [0.29, 0.717) is 0 Å². The maximum absolute atomic E-state index is 14.1. The van der Waals surface area contributed by atoms with Crippen molar-refractivity contribution in [2.45, 2.75) is 76.7 Å². The van der Waals surface area contributed by atoms with Crippen LogP contribution < -0.4 is 0 Å². The maximum Gasteiger partial charge on any atom is 0.224 e. The van der Waals surface area contributed by atoms with Gasteiger partial charge in [-0.15, -0.1) is 0 Å². The van der Waals surface area contributed by atoms with E-state index < -0.39 is 14.1 Å². The third-order valence-corrected chi connectivity index (χ3v) is 7.55. The molecular formula is C13H27FOSi. The van der Waals surface area contributed by atoms with Crippen molar-refractivity contribution in [1.29, 1.82) is 0 Å². The molecule has 2 unspecified atom stereocenters. The summed E-state index contributed by atoms with van der Waals surface area (Å²) in [6, 6.07) is 1.03. The smallest absolute Gasteiger partial charge is 0.224 e. The van der Waals surface area contributed by atoms with Crippen LogP contribution in [0, 0.1) is 0 Å². The molecule has 0 radical (unpaired) electrons.